The molecule has 3 fully saturated rings. The summed E-state index contributed by atoms with van der Waals surface area (Å²) in [5.41, 5.74) is 3.37. The number of nitrogens with one attached hydrogen (secondary N) is 2. The van der Waals surface area contributed by atoms with Crippen LogP contribution < -0.4 is 20.9 Å². The molecule has 6 heterocycles. The molecule has 4 aliphatic heterocycles. The van der Waals surface area contributed by atoms with Crippen molar-refractivity contribution in [2.45, 2.75) is 63.1 Å². The van der Waals surface area contributed by atoms with Crippen molar-refractivity contribution < 1.29 is 9.84 Å². The highest BCUT2D eigenvalue weighted by Crippen LogP contribution is 2.39. The van der Waals surface area contributed by atoms with Gasteiger partial charge in [-0.05, 0) is 74.2 Å². The van der Waals surface area contributed by atoms with Crippen LogP contribution in [0.2, 0.25) is 0 Å². The highest BCUT2D eigenvalue weighted by molar-refractivity contribution is 5.95. The normalized spacial score (nSPS) is 23.0. The lowest BCUT2D eigenvalue weighted by molar-refractivity contribution is 0.107. The van der Waals surface area contributed by atoms with Crippen LogP contribution in [0.3, 0.4) is 0 Å². The first-order chi connectivity index (χ1) is 21.0. The van der Waals surface area contributed by atoms with Crippen molar-refractivity contribution in [2.75, 3.05) is 32.8 Å². The Morgan fingerprint density at radius 1 is 1.14 bits per heavy atom. The molecule has 8 rings (SSSR count). The van der Waals surface area contributed by atoms with Gasteiger partial charge in [0.15, 0.2) is 0 Å². The SMILES string of the molecule is CCc1cccc2cc(O)cc(-n3ncc4c(C5=CC6CNCC(C5)N6)nc(OCC56CCCN5CCC6)nc4c3=O)c12. The Bertz CT molecular complexity index is 1820. The minimum absolute atomic E-state index is 0.0324. The topological polar surface area (TPSA) is 117 Å². The van der Waals surface area contributed by atoms with Crippen LogP contribution in [0.25, 0.3) is 32.9 Å². The molecule has 3 saturated heterocycles. The van der Waals surface area contributed by atoms with Gasteiger partial charge in [-0.15, -0.1) is 0 Å². The summed E-state index contributed by atoms with van der Waals surface area (Å²) >= 11 is 0. The van der Waals surface area contributed by atoms with Crippen LogP contribution >= 0.6 is 0 Å². The summed E-state index contributed by atoms with van der Waals surface area (Å²) in [6, 6.07) is 10.0. The van der Waals surface area contributed by atoms with Gasteiger partial charge >= 0.3 is 6.01 Å². The van der Waals surface area contributed by atoms with E-state index in [1.54, 1.807) is 18.3 Å². The van der Waals surface area contributed by atoms with Crippen LogP contribution in [0.5, 0.6) is 11.8 Å². The summed E-state index contributed by atoms with van der Waals surface area (Å²) in [6.07, 6.45) is 10.1. The molecule has 3 N–H and O–H groups in total. The number of aryl methyl sites for hydroxylation is 1. The van der Waals surface area contributed by atoms with E-state index < -0.39 is 0 Å². The summed E-state index contributed by atoms with van der Waals surface area (Å²) < 4.78 is 7.80. The van der Waals surface area contributed by atoms with Gasteiger partial charge in [0.1, 0.15) is 17.9 Å². The molecule has 0 aliphatic carbocycles. The van der Waals surface area contributed by atoms with E-state index in [0.29, 0.717) is 17.7 Å². The van der Waals surface area contributed by atoms with Crippen LogP contribution in [-0.4, -0.2) is 80.2 Å². The largest absolute Gasteiger partial charge is 0.508 e. The predicted molar refractivity (Wildman–Crippen MR) is 166 cm³/mol. The fourth-order valence-corrected chi connectivity index (χ4v) is 7.89. The molecule has 2 atom stereocenters. The Morgan fingerprint density at radius 2 is 2.00 bits per heavy atom. The molecule has 2 bridgehead atoms. The lowest BCUT2D eigenvalue weighted by Gasteiger charge is -2.35. The maximum atomic E-state index is 14.3. The molecule has 2 unspecified atom stereocenters. The standard InChI is InChI=1S/C33H37N7O3/c1-2-20-6-3-7-21-14-25(41)15-27(28(20)21)40-31(42)30-26(18-35-40)29(22-12-23-16-34-17-24(13-22)36-23)37-32(38-30)43-19-33-8-4-10-39(33)11-5-9-33/h3,6-7,12,14-15,18,23-24,34,36,41H,2,4-5,8-11,13,16-17,19H2,1H3. The number of hydrogen-bond donors (Lipinski definition) is 3. The van der Waals surface area contributed by atoms with Crippen molar-refractivity contribution >= 4 is 27.2 Å². The smallest absolute Gasteiger partial charge is 0.317 e. The van der Waals surface area contributed by atoms with E-state index in [-0.39, 0.29) is 40.5 Å². The molecule has 4 aliphatic rings. The average Bonchev–Trinajstić information content (AvgIpc) is 3.60. The number of fused-ring (bicyclic) bond motifs is 5. The van der Waals surface area contributed by atoms with E-state index in [4.69, 9.17) is 14.7 Å². The van der Waals surface area contributed by atoms with Crippen LogP contribution in [0.1, 0.15) is 50.3 Å². The monoisotopic (exact) mass is 579 g/mol. The average molecular weight is 580 g/mol. The van der Waals surface area contributed by atoms with E-state index in [1.807, 2.05) is 18.2 Å². The van der Waals surface area contributed by atoms with Crippen molar-refractivity contribution in [3.8, 4) is 17.4 Å². The van der Waals surface area contributed by atoms with Crippen molar-refractivity contribution in [3.05, 3.63) is 64.2 Å². The van der Waals surface area contributed by atoms with E-state index >= 15 is 0 Å². The van der Waals surface area contributed by atoms with Crippen molar-refractivity contribution in [1.82, 2.24) is 35.3 Å². The van der Waals surface area contributed by atoms with E-state index in [9.17, 15) is 9.90 Å². The van der Waals surface area contributed by atoms with Crippen molar-refractivity contribution in [1.29, 1.82) is 0 Å². The summed E-state index contributed by atoms with van der Waals surface area (Å²) in [5, 5.41) is 24.8. The van der Waals surface area contributed by atoms with Crippen LogP contribution in [0, 0.1) is 0 Å². The summed E-state index contributed by atoms with van der Waals surface area (Å²) in [4.78, 5) is 26.6. The second kappa shape index (κ2) is 10.4. The van der Waals surface area contributed by atoms with Gasteiger partial charge < -0.3 is 20.5 Å². The summed E-state index contributed by atoms with van der Waals surface area (Å²) in [5.74, 6) is 0.0777. The number of phenols is 1. The maximum Gasteiger partial charge on any atom is 0.317 e. The molecule has 0 spiro atoms. The number of benzene rings is 2. The highest BCUT2D eigenvalue weighted by Gasteiger charge is 2.45. The molecule has 10 nitrogen and oxygen atoms in total. The fraction of sp³-hybridized carbons (Fsp3) is 0.455. The first-order valence-corrected chi connectivity index (χ1v) is 15.6. The van der Waals surface area contributed by atoms with E-state index in [2.05, 4.69) is 33.6 Å². The molecule has 0 saturated carbocycles. The Kier molecular flexibility index (Phi) is 6.47. The van der Waals surface area contributed by atoms with Gasteiger partial charge in [-0.3, -0.25) is 9.69 Å². The van der Waals surface area contributed by atoms with Crippen LogP contribution in [0.4, 0.5) is 0 Å². The molecular weight excluding hydrogens is 542 g/mol. The molecule has 222 valence electrons. The summed E-state index contributed by atoms with van der Waals surface area (Å²) in [7, 11) is 0. The lowest BCUT2D eigenvalue weighted by Crippen LogP contribution is -2.56. The van der Waals surface area contributed by atoms with Crippen molar-refractivity contribution in [2.24, 2.45) is 0 Å². The molecule has 2 aromatic carbocycles. The molecule has 43 heavy (non-hydrogen) atoms. The number of aromatic nitrogens is 4. The van der Waals surface area contributed by atoms with Gasteiger partial charge in [0.25, 0.3) is 5.56 Å². The Balaban J connectivity index is 1.29. The van der Waals surface area contributed by atoms with Gasteiger partial charge in [-0.25, -0.2) is 0 Å². The molecule has 4 aromatic rings. The minimum atomic E-state index is -0.360. The van der Waals surface area contributed by atoms with Gasteiger partial charge in [0, 0.05) is 36.6 Å². The fourth-order valence-electron chi connectivity index (χ4n) is 7.89. The highest BCUT2D eigenvalue weighted by atomic mass is 16.5. The van der Waals surface area contributed by atoms with Gasteiger partial charge in [0.05, 0.1) is 28.5 Å². The zero-order chi connectivity index (χ0) is 29.1. The molecule has 10 heteroatoms. The zero-order valence-corrected chi connectivity index (χ0v) is 24.5. The molecule has 0 radical (unpaired) electrons. The maximum absolute atomic E-state index is 14.3. The third kappa shape index (κ3) is 4.51. The Labute approximate surface area is 249 Å². The molecule has 2 aromatic heterocycles. The van der Waals surface area contributed by atoms with E-state index in [1.165, 1.54) is 17.5 Å². The first kappa shape index (κ1) is 26.7. The van der Waals surface area contributed by atoms with Crippen molar-refractivity contribution in [3.63, 3.8) is 0 Å². The molecule has 0 amide bonds. The van der Waals surface area contributed by atoms with E-state index in [0.717, 1.165) is 79.5 Å². The quantitative estimate of drug-likeness (QED) is 0.316. The lowest BCUT2D eigenvalue weighted by atomic mass is 9.92. The number of nitrogens with zero attached hydrogens (tertiary/aromatic N) is 5. The number of aromatic hydroxyl groups is 1. The van der Waals surface area contributed by atoms with Crippen LogP contribution in [0.15, 0.2) is 47.4 Å². The first-order valence-electron chi connectivity index (χ1n) is 15.6. The number of phenolic OH excluding ortho intramolecular Hbond substituents is 1. The Morgan fingerprint density at radius 3 is 2.81 bits per heavy atom. The van der Waals surface area contributed by atoms with Crippen LogP contribution in [-0.2, 0) is 6.42 Å². The predicted octanol–water partition coefficient (Wildman–Crippen LogP) is 3.32. The molecular formula is C33H37N7O3. The number of ether oxygens (including phenoxy) is 1. The van der Waals surface area contributed by atoms with Gasteiger partial charge in [-0.2, -0.15) is 19.7 Å². The second-order valence-electron chi connectivity index (χ2n) is 12.5. The van der Waals surface area contributed by atoms with Gasteiger partial charge in [0.2, 0.25) is 0 Å². The number of rotatable bonds is 6. The Hall–Kier alpha value is -3.86. The second-order valence-corrected chi connectivity index (χ2v) is 12.5. The third-order valence-electron chi connectivity index (χ3n) is 9.92. The minimum Gasteiger partial charge on any atom is -0.508 e. The number of piperazine rings is 1. The summed E-state index contributed by atoms with van der Waals surface area (Å²) in [6.45, 7) is 6.55. The van der Waals surface area contributed by atoms with Gasteiger partial charge in [-0.1, -0.05) is 31.2 Å². The third-order valence-corrected chi connectivity index (χ3v) is 9.92. The zero-order valence-electron chi connectivity index (χ0n) is 24.5. The number of hydrogen-bond acceptors (Lipinski definition) is 9.